The molecule has 0 spiro atoms. The van der Waals surface area contributed by atoms with Gasteiger partial charge in [-0.2, -0.15) is 0 Å². The maximum atomic E-state index is 13.5. The zero-order valence-corrected chi connectivity index (χ0v) is 19.6. The van der Waals surface area contributed by atoms with E-state index in [-0.39, 0.29) is 48.4 Å². The van der Waals surface area contributed by atoms with E-state index < -0.39 is 0 Å². The van der Waals surface area contributed by atoms with Crippen molar-refractivity contribution in [1.29, 1.82) is 0 Å². The zero-order chi connectivity index (χ0) is 25.2. The Kier molecular flexibility index (Phi) is 6.61. The Morgan fingerprint density at radius 3 is 1.67 bits per heavy atom. The molecule has 3 amide bonds. The minimum atomic E-state index is -0.366. The second kappa shape index (κ2) is 9.99. The average Bonchev–Trinajstić information content (AvgIpc) is 3.15. The summed E-state index contributed by atoms with van der Waals surface area (Å²) in [4.78, 5) is 43.1. The standard InChI is InChI=1S/C28H25F2N3O3/c29-21-9-5-19(6-10-21)26(20-7-11-22(30)12-8-20)32-17-15-31(16-18-32)25(34)13-14-33-27(35)23-3-1-2-4-24(23)28(33)36/h1-12,26H,13-18H2. The van der Waals surface area contributed by atoms with Gasteiger partial charge in [-0.15, -0.1) is 0 Å². The summed E-state index contributed by atoms with van der Waals surface area (Å²) in [5, 5.41) is 0. The third-order valence-electron chi connectivity index (χ3n) is 6.83. The molecule has 184 valence electrons. The first kappa shape index (κ1) is 23.8. The molecule has 2 aliphatic heterocycles. The van der Waals surface area contributed by atoms with Crippen LogP contribution in [0.15, 0.2) is 72.8 Å². The minimum absolute atomic E-state index is 0.0409. The van der Waals surface area contributed by atoms with Gasteiger partial charge in [0.25, 0.3) is 11.8 Å². The van der Waals surface area contributed by atoms with Crippen molar-refractivity contribution >= 4 is 17.7 Å². The molecule has 0 atom stereocenters. The third-order valence-corrected chi connectivity index (χ3v) is 6.83. The monoisotopic (exact) mass is 489 g/mol. The van der Waals surface area contributed by atoms with E-state index in [1.165, 1.54) is 24.3 Å². The fourth-order valence-electron chi connectivity index (χ4n) is 4.94. The van der Waals surface area contributed by atoms with E-state index in [4.69, 9.17) is 0 Å². The van der Waals surface area contributed by atoms with Crippen LogP contribution in [-0.4, -0.2) is 65.1 Å². The molecule has 1 fully saturated rings. The van der Waals surface area contributed by atoms with Crippen molar-refractivity contribution in [1.82, 2.24) is 14.7 Å². The summed E-state index contributed by atoms with van der Waals surface area (Å²) in [6, 6.07) is 19.0. The van der Waals surface area contributed by atoms with Crippen LogP contribution < -0.4 is 0 Å². The molecule has 0 radical (unpaired) electrons. The third kappa shape index (κ3) is 4.64. The summed E-state index contributed by atoms with van der Waals surface area (Å²) in [7, 11) is 0. The van der Waals surface area contributed by atoms with Gasteiger partial charge in [-0.25, -0.2) is 8.78 Å². The van der Waals surface area contributed by atoms with Crippen molar-refractivity contribution in [2.75, 3.05) is 32.7 Å². The number of carbonyl (C=O) groups is 3. The van der Waals surface area contributed by atoms with Crippen LogP contribution in [0, 0.1) is 11.6 Å². The molecule has 36 heavy (non-hydrogen) atoms. The highest BCUT2D eigenvalue weighted by Gasteiger charge is 2.35. The van der Waals surface area contributed by atoms with Crippen LogP contribution in [0.1, 0.15) is 44.3 Å². The van der Waals surface area contributed by atoms with E-state index in [1.54, 1.807) is 53.4 Å². The summed E-state index contributed by atoms with van der Waals surface area (Å²) in [5.74, 6) is -1.51. The summed E-state index contributed by atoms with van der Waals surface area (Å²) in [6.45, 7) is 2.12. The van der Waals surface area contributed by atoms with Crippen LogP contribution in [0.4, 0.5) is 8.78 Å². The lowest BCUT2D eigenvalue weighted by Gasteiger charge is -2.40. The molecule has 8 heteroatoms. The van der Waals surface area contributed by atoms with Crippen LogP contribution in [0.25, 0.3) is 0 Å². The number of fused-ring (bicyclic) bond motifs is 1. The number of benzene rings is 3. The largest absolute Gasteiger partial charge is 0.340 e. The predicted octanol–water partition coefficient (Wildman–Crippen LogP) is 3.88. The second-order valence-corrected chi connectivity index (χ2v) is 8.98. The van der Waals surface area contributed by atoms with Gasteiger partial charge in [0.15, 0.2) is 0 Å². The van der Waals surface area contributed by atoms with Gasteiger partial charge in [-0.3, -0.25) is 24.2 Å². The molecular formula is C28H25F2N3O3. The minimum Gasteiger partial charge on any atom is -0.340 e. The maximum Gasteiger partial charge on any atom is 0.261 e. The van der Waals surface area contributed by atoms with Gasteiger partial charge in [-0.05, 0) is 47.5 Å². The van der Waals surface area contributed by atoms with Crippen molar-refractivity contribution < 1.29 is 23.2 Å². The van der Waals surface area contributed by atoms with Crippen LogP contribution in [0.2, 0.25) is 0 Å². The van der Waals surface area contributed by atoms with E-state index in [9.17, 15) is 23.2 Å². The Labute approximate surface area is 207 Å². The highest BCUT2D eigenvalue weighted by molar-refractivity contribution is 6.21. The first-order valence-electron chi connectivity index (χ1n) is 11.9. The maximum absolute atomic E-state index is 13.5. The molecule has 2 aliphatic rings. The molecule has 0 aromatic heterocycles. The number of nitrogens with zero attached hydrogens (tertiary/aromatic N) is 3. The first-order valence-corrected chi connectivity index (χ1v) is 11.9. The van der Waals surface area contributed by atoms with Crippen molar-refractivity contribution in [2.45, 2.75) is 12.5 Å². The molecule has 0 unspecified atom stereocenters. The fourth-order valence-corrected chi connectivity index (χ4v) is 4.94. The van der Waals surface area contributed by atoms with Crippen molar-refractivity contribution in [3.05, 3.63) is 107 Å². The molecular weight excluding hydrogens is 464 g/mol. The van der Waals surface area contributed by atoms with Crippen LogP contribution in [0.5, 0.6) is 0 Å². The number of hydrogen-bond acceptors (Lipinski definition) is 4. The van der Waals surface area contributed by atoms with E-state index in [2.05, 4.69) is 4.90 Å². The molecule has 0 bridgehead atoms. The Bertz CT molecular complexity index is 1210. The number of halogens is 2. The Morgan fingerprint density at radius 1 is 0.722 bits per heavy atom. The number of carbonyl (C=O) groups excluding carboxylic acids is 3. The smallest absolute Gasteiger partial charge is 0.261 e. The molecule has 0 aliphatic carbocycles. The van der Waals surface area contributed by atoms with Gasteiger partial charge >= 0.3 is 0 Å². The average molecular weight is 490 g/mol. The number of rotatable bonds is 6. The van der Waals surface area contributed by atoms with Crippen molar-refractivity contribution in [3.63, 3.8) is 0 Å². The van der Waals surface area contributed by atoms with E-state index in [0.717, 1.165) is 16.0 Å². The van der Waals surface area contributed by atoms with Gasteiger partial charge in [0, 0.05) is 39.1 Å². The predicted molar refractivity (Wildman–Crippen MR) is 129 cm³/mol. The second-order valence-electron chi connectivity index (χ2n) is 8.98. The van der Waals surface area contributed by atoms with Crippen LogP contribution in [0.3, 0.4) is 0 Å². The number of hydrogen-bond donors (Lipinski definition) is 0. The van der Waals surface area contributed by atoms with Gasteiger partial charge in [0.05, 0.1) is 17.2 Å². The molecule has 3 aromatic carbocycles. The molecule has 6 nitrogen and oxygen atoms in total. The summed E-state index contributed by atoms with van der Waals surface area (Å²) in [6.07, 6.45) is 0.0603. The summed E-state index contributed by atoms with van der Waals surface area (Å²) >= 11 is 0. The van der Waals surface area contributed by atoms with E-state index in [1.807, 2.05) is 0 Å². The number of amides is 3. The van der Waals surface area contributed by atoms with Gasteiger partial charge in [0.1, 0.15) is 11.6 Å². The summed E-state index contributed by atoms with van der Waals surface area (Å²) < 4.78 is 27.1. The first-order chi connectivity index (χ1) is 17.4. The van der Waals surface area contributed by atoms with Crippen molar-refractivity contribution in [3.8, 4) is 0 Å². The highest BCUT2D eigenvalue weighted by Crippen LogP contribution is 2.30. The SMILES string of the molecule is O=C(CCN1C(=O)c2ccccc2C1=O)N1CCN(C(c2ccc(F)cc2)c2ccc(F)cc2)CC1. The Balaban J connectivity index is 1.22. The van der Waals surface area contributed by atoms with Crippen LogP contribution in [-0.2, 0) is 4.79 Å². The molecule has 5 rings (SSSR count). The Hall–Kier alpha value is -3.91. The van der Waals surface area contributed by atoms with Gasteiger partial charge in [-0.1, -0.05) is 36.4 Å². The zero-order valence-electron chi connectivity index (χ0n) is 19.6. The molecule has 0 N–H and O–H groups in total. The fraction of sp³-hybridized carbons (Fsp3) is 0.250. The normalized spacial score (nSPS) is 16.1. The van der Waals surface area contributed by atoms with E-state index >= 15 is 0 Å². The van der Waals surface area contributed by atoms with Gasteiger partial charge < -0.3 is 4.90 Å². The van der Waals surface area contributed by atoms with Crippen molar-refractivity contribution in [2.24, 2.45) is 0 Å². The molecule has 1 saturated heterocycles. The highest BCUT2D eigenvalue weighted by atomic mass is 19.1. The van der Waals surface area contributed by atoms with Gasteiger partial charge in [0.2, 0.25) is 5.91 Å². The summed E-state index contributed by atoms with van der Waals surface area (Å²) in [5.41, 5.74) is 2.51. The Morgan fingerprint density at radius 2 is 1.19 bits per heavy atom. The van der Waals surface area contributed by atoms with E-state index in [0.29, 0.717) is 37.3 Å². The molecule has 3 aromatic rings. The lowest BCUT2D eigenvalue weighted by Crippen LogP contribution is -2.50. The molecule has 0 saturated carbocycles. The number of imide groups is 1. The number of piperazine rings is 1. The van der Waals surface area contributed by atoms with Crippen LogP contribution >= 0.6 is 0 Å². The quantitative estimate of drug-likeness (QED) is 0.493. The lowest BCUT2D eigenvalue weighted by molar-refractivity contribution is -0.133. The topological polar surface area (TPSA) is 60.9 Å². The lowest BCUT2D eigenvalue weighted by atomic mass is 9.96. The molecule has 2 heterocycles.